The molecule has 0 fully saturated rings. The maximum atomic E-state index is 9.04. The Kier molecular flexibility index (Phi) is 4.20. The second-order valence-electron chi connectivity index (χ2n) is 2.70. The first-order chi connectivity index (χ1) is 5.83. The molecule has 0 saturated carbocycles. The summed E-state index contributed by atoms with van der Waals surface area (Å²) in [6.45, 7) is 2.22. The number of benzene rings is 1. The molecule has 0 spiro atoms. The third kappa shape index (κ3) is 3.29. The van der Waals surface area contributed by atoms with Gasteiger partial charge >= 0.3 is 79.6 Å². The Morgan fingerprint density at radius 2 is 1.92 bits per heavy atom. The number of aromatic hydroxyl groups is 1. The van der Waals surface area contributed by atoms with Gasteiger partial charge in [0.15, 0.2) is 0 Å². The van der Waals surface area contributed by atoms with Gasteiger partial charge in [-0.05, 0) is 0 Å². The Morgan fingerprint density at radius 3 is 2.50 bits per heavy atom. The topological polar surface area (TPSA) is 20.2 Å². The Hall–Kier alpha value is -0.461. The summed E-state index contributed by atoms with van der Waals surface area (Å²) in [6.07, 6.45) is 2.60. The Labute approximate surface area is 80.0 Å². The number of phenolic OH excluding ortho intramolecular Hbond substituents is 1. The number of hydrogen-bond donors (Lipinski definition) is 1. The molecule has 1 nitrogen and oxygen atoms in total. The molecular weight excluding hydrogens is 215 g/mol. The van der Waals surface area contributed by atoms with Crippen molar-refractivity contribution in [1.82, 2.24) is 0 Å². The van der Waals surface area contributed by atoms with Crippen LogP contribution in [0.1, 0.15) is 19.8 Å². The molecule has 1 aromatic rings. The number of phenols is 1. The van der Waals surface area contributed by atoms with Crippen LogP contribution >= 0.6 is 0 Å². The quantitative estimate of drug-likeness (QED) is 0.618. The van der Waals surface area contributed by atoms with Crippen molar-refractivity contribution in [3.63, 3.8) is 0 Å². The molecule has 0 radical (unpaired) electrons. The van der Waals surface area contributed by atoms with E-state index in [0.29, 0.717) is 20.7 Å². The van der Waals surface area contributed by atoms with Crippen molar-refractivity contribution >= 4 is 19.4 Å². The van der Waals surface area contributed by atoms with Crippen LogP contribution in [-0.4, -0.2) is 20.1 Å². The van der Waals surface area contributed by atoms with Gasteiger partial charge in [-0.25, -0.2) is 0 Å². The summed E-state index contributed by atoms with van der Waals surface area (Å²) in [5, 5.41) is 10.3. The standard InChI is InChI=1S/C10H14OSe/c1-2-3-8-12-10-6-4-9(11)5-7-10/h4-7,11H,2-3,8H2,1H3. The van der Waals surface area contributed by atoms with Crippen LogP contribution in [0, 0.1) is 0 Å². The Bertz CT molecular complexity index is 218. The van der Waals surface area contributed by atoms with Gasteiger partial charge in [0.2, 0.25) is 0 Å². The van der Waals surface area contributed by atoms with E-state index in [1.807, 2.05) is 12.1 Å². The molecule has 0 aliphatic rings. The molecule has 0 aliphatic carbocycles. The van der Waals surface area contributed by atoms with Crippen LogP contribution in [0.15, 0.2) is 24.3 Å². The average Bonchev–Trinajstić information content (AvgIpc) is 2.09. The number of unbranched alkanes of at least 4 members (excludes halogenated alkanes) is 1. The predicted octanol–water partition coefficient (Wildman–Crippen LogP) is 1.94. The number of hydrogen-bond acceptors (Lipinski definition) is 1. The molecule has 0 aromatic heterocycles. The predicted molar refractivity (Wildman–Crippen MR) is 53.2 cm³/mol. The molecule has 1 aromatic carbocycles. The molecule has 0 amide bonds. The van der Waals surface area contributed by atoms with Gasteiger partial charge in [-0.15, -0.1) is 0 Å². The Morgan fingerprint density at radius 1 is 1.25 bits per heavy atom. The van der Waals surface area contributed by atoms with Crippen molar-refractivity contribution < 1.29 is 5.11 Å². The summed E-state index contributed by atoms with van der Waals surface area (Å²) >= 11 is 0.601. The van der Waals surface area contributed by atoms with Gasteiger partial charge in [-0.3, -0.25) is 0 Å². The Balaban J connectivity index is 2.37. The monoisotopic (exact) mass is 230 g/mol. The van der Waals surface area contributed by atoms with Gasteiger partial charge in [0, 0.05) is 0 Å². The van der Waals surface area contributed by atoms with Crippen LogP contribution in [0.2, 0.25) is 5.32 Å². The van der Waals surface area contributed by atoms with E-state index in [4.69, 9.17) is 5.11 Å². The van der Waals surface area contributed by atoms with Gasteiger partial charge in [-0.1, -0.05) is 0 Å². The second kappa shape index (κ2) is 5.23. The minimum absolute atomic E-state index is 0.366. The summed E-state index contributed by atoms with van der Waals surface area (Å²) in [4.78, 5) is 0. The van der Waals surface area contributed by atoms with Crippen molar-refractivity contribution in [2.24, 2.45) is 0 Å². The molecule has 1 N–H and O–H groups in total. The first-order valence-corrected chi connectivity index (χ1v) is 6.31. The van der Waals surface area contributed by atoms with Gasteiger partial charge in [0.1, 0.15) is 0 Å². The van der Waals surface area contributed by atoms with Crippen LogP contribution < -0.4 is 4.46 Å². The summed E-state index contributed by atoms with van der Waals surface area (Å²) in [5.74, 6) is 0.366. The molecule has 0 aliphatic heterocycles. The molecule has 0 unspecified atom stereocenters. The van der Waals surface area contributed by atoms with Gasteiger partial charge in [-0.2, -0.15) is 0 Å². The van der Waals surface area contributed by atoms with Gasteiger partial charge < -0.3 is 0 Å². The zero-order valence-electron chi connectivity index (χ0n) is 7.29. The molecule has 2 heteroatoms. The van der Waals surface area contributed by atoms with Crippen molar-refractivity contribution in [3.05, 3.63) is 24.3 Å². The van der Waals surface area contributed by atoms with E-state index < -0.39 is 0 Å². The van der Waals surface area contributed by atoms with Crippen molar-refractivity contribution in [1.29, 1.82) is 0 Å². The molecule has 0 saturated heterocycles. The molecule has 0 heterocycles. The van der Waals surface area contributed by atoms with E-state index in [1.165, 1.54) is 22.6 Å². The second-order valence-corrected chi connectivity index (χ2v) is 5.15. The van der Waals surface area contributed by atoms with Crippen LogP contribution in [-0.2, 0) is 0 Å². The van der Waals surface area contributed by atoms with Crippen molar-refractivity contribution in [2.45, 2.75) is 25.1 Å². The maximum absolute atomic E-state index is 9.04. The van der Waals surface area contributed by atoms with Crippen LogP contribution in [0.4, 0.5) is 0 Å². The van der Waals surface area contributed by atoms with Crippen molar-refractivity contribution in [3.8, 4) is 5.75 Å². The first-order valence-electron chi connectivity index (χ1n) is 4.24. The molecule has 0 bridgehead atoms. The van der Waals surface area contributed by atoms with E-state index in [1.54, 1.807) is 12.1 Å². The van der Waals surface area contributed by atoms with E-state index in [-0.39, 0.29) is 0 Å². The van der Waals surface area contributed by atoms with Crippen LogP contribution in [0.3, 0.4) is 0 Å². The third-order valence-electron chi connectivity index (χ3n) is 1.60. The van der Waals surface area contributed by atoms with Gasteiger partial charge in [0.05, 0.1) is 0 Å². The zero-order chi connectivity index (χ0) is 8.81. The first kappa shape index (κ1) is 9.63. The van der Waals surface area contributed by atoms with Crippen LogP contribution in [0.25, 0.3) is 0 Å². The van der Waals surface area contributed by atoms with E-state index in [0.717, 1.165) is 0 Å². The fourth-order valence-electron chi connectivity index (χ4n) is 0.877. The fourth-order valence-corrected chi connectivity index (χ4v) is 2.97. The van der Waals surface area contributed by atoms with E-state index in [2.05, 4.69) is 6.92 Å². The normalized spacial score (nSPS) is 10.1. The SMILES string of the molecule is CCCC[Se]c1ccc(O)cc1. The third-order valence-corrected chi connectivity index (χ3v) is 3.91. The van der Waals surface area contributed by atoms with Crippen molar-refractivity contribution in [2.75, 3.05) is 0 Å². The average molecular weight is 229 g/mol. The van der Waals surface area contributed by atoms with Crippen LogP contribution in [0.5, 0.6) is 5.75 Å². The molecule has 12 heavy (non-hydrogen) atoms. The summed E-state index contributed by atoms with van der Waals surface area (Å²) in [7, 11) is 0. The summed E-state index contributed by atoms with van der Waals surface area (Å²) in [5.41, 5.74) is 0. The summed E-state index contributed by atoms with van der Waals surface area (Å²) in [6, 6.07) is 7.57. The van der Waals surface area contributed by atoms with E-state index in [9.17, 15) is 0 Å². The van der Waals surface area contributed by atoms with E-state index >= 15 is 0 Å². The zero-order valence-corrected chi connectivity index (χ0v) is 9.00. The molecule has 1 rings (SSSR count). The summed E-state index contributed by atoms with van der Waals surface area (Å²) < 4.78 is 1.38. The van der Waals surface area contributed by atoms with Gasteiger partial charge in [0.25, 0.3) is 0 Å². The minimum atomic E-state index is 0.366. The number of rotatable bonds is 4. The molecule has 0 atom stereocenters. The fraction of sp³-hybridized carbons (Fsp3) is 0.400. The molecule has 66 valence electrons. The molecular formula is C10H14OSe.